The van der Waals surface area contributed by atoms with Crippen LogP contribution in [0.25, 0.3) is 5.57 Å². The van der Waals surface area contributed by atoms with Gasteiger partial charge in [0, 0.05) is 0 Å². The lowest BCUT2D eigenvalue weighted by Crippen LogP contribution is -2.17. The number of aliphatic carboxylic acids is 1. The van der Waals surface area contributed by atoms with Crippen LogP contribution in [0.1, 0.15) is 26.3 Å². The molecule has 1 unspecified atom stereocenters. The molecule has 1 N–H and O–H groups in total. The van der Waals surface area contributed by atoms with Crippen LogP contribution in [-0.2, 0) is 4.79 Å². The second kappa shape index (κ2) is 5.50. The van der Waals surface area contributed by atoms with Gasteiger partial charge >= 0.3 is 5.97 Å². The van der Waals surface area contributed by atoms with E-state index in [2.05, 4.69) is 0 Å². The molecule has 0 saturated carbocycles. The summed E-state index contributed by atoms with van der Waals surface area (Å²) >= 11 is 0. The number of rotatable bonds is 4. The molecule has 0 heterocycles. The molecule has 1 atom stereocenters. The minimum atomic E-state index is -0.759. The van der Waals surface area contributed by atoms with E-state index in [4.69, 9.17) is 5.11 Å². The molecule has 86 valence electrons. The molecule has 0 aliphatic rings. The first kappa shape index (κ1) is 12.5. The van der Waals surface area contributed by atoms with Crippen molar-refractivity contribution >= 4 is 11.5 Å². The molecule has 0 amide bonds. The van der Waals surface area contributed by atoms with Gasteiger partial charge in [0.25, 0.3) is 0 Å². The van der Waals surface area contributed by atoms with Crippen LogP contribution in [0.15, 0.2) is 36.4 Å². The molecule has 1 aromatic rings. The van der Waals surface area contributed by atoms with Crippen LogP contribution in [0.4, 0.5) is 0 Å². The summed E-state index contributed by atoms with van der Waals surface area (Å²) in [7, 11) is 0. The molecule has 0 spiro atoms. The van der Waals surface area contributed by atoms with E-state index in [9.17, 15) is 4.79 Å². The highest BCUT2D eigenvalue weighted by Crippen LogP contribution is 2.20. The molecular formula is C14H18O2. The van der Waals surface area contributed by atoms with Gasteiger partial charge in [-0.25, -0.2) is 0 Å². The quantitative estimate of drug-likeness (QED) is 0.840. The molecule has 0 bridgehead atoms. The first-order valence-electron chi connectivity index (χ1n) is 5.49. The van der Waals surface area contributed by atoms with E-state index in [1.807, 2.05) is 57.2 Å². The molecule has 0 fully saturated rings. The van der Waals surface area contributed by atoms with Crippen molar-refractivity contribution in [3.05, 3.63) is 42.0 Å². The smallest absolute Gasteiger partial charge is 0.310 e. The Kier molecular flexibility index (Phi) is 4.29. The predicted molar refractivity (Wildman–Crippen MR) is 66.1 cm³/mol. The predicted octanol–water partition coefficient (Wildman–Crippen LogP) is 3.45. The zero-order chi connectivity index (χ0) is 12.1. The van der Waals surface area contributed by atoms with Crippen LogP contribution in [0.5, 0.6) is 0 Å². The Hall–Kier alpha value is -1.57. The van der Waals surface area contributed by atoms with Gasteiger partial charge in [0.2, 0.25) is 0 Å². The number of benzene rings is 1. The Morgan fingerprint density at radius 3 is 2.25 bits per heavy atom. The maximum Gasteiger partial charge on any atom is 0.310 e. The molecule has 0 aliphatic carbocycles. The van der Waals surface area contributed by atoms with Gasteiger partial charge < -0.3 is 5.11 Å². The maximum atomic E-state index is 11.1. The molecule has 0 aliphatic heterocycles. The highest BCUT2D eigenvalue weighted by molar-refractivity contribution is 5.76. The number of carbonyl (C=O) groups is 1. The van der Waals surface area contributed by atoms with Gasteiger partial charge in [-0.2, -0.15) is 0 Å². The van der Waals surface area contributed by atoms with Crippen LogP contribution in [0.2, 0.25) is 0 Å². The Balaban J connectivity index is 2.95. The van der Waals surface area contributed by atoms with E-state index >= 15 is 0 Å². The largest absolute Gasteiger partial charge is 0.481 e. The van der Waals surface area contributed by atoms with Crippen LogP contribution < -0.4 is 0 Å². The standard InChI is InChI=1S/C14H18O2/c1-10(2)13(14(15)16)9-11(3)12-7-5-4-6-8-12/h4-10,13H,1-3H3,(H,15,16)/b11-9-. The molecule has 2 heteroatoms. The fourth-order valence-corrected chi connectivity index (χ4v) is 1.62. The van der Waals surface area contributed by atoms with E-state index in [0.717, 1.165) is 11.1 Å². The highest BCUT2D eigenvalue weighted by Gasteiger charge is 2.18. The molecule has 1 rings (SSSR count). The van der Waals surface area contributed by atoms with Crippen molar-refractivity contribution in [2.24, 2.45) is 11.8 Å². The summed E-state index contributed by atoms with van der Waals surface area (Å²) in [6.07, 6.45) is 1.84. The highest BCUT2D eigenvalue weighted by atomic mass is 16.4. The number of carboxylic acid groups (broad SMARTS) is 1. The fraction of sp³-hybridized carbons (Fsp3) is 0.357. The third-order valence-electron chi connectivity index (χ3n) is 2.66. The summed E-state index contributed by atoms with van der Waals surface area (Å²) in [6, 6.07) is 9.85. The van der Waals surface area contributed by atoms with Crippen molar-refractivity contribution in [1.82, 2.24) is 0 Å². The second-order valence-electron chi connectivity index (χ2n) is 4.32. The molecule has 1 aromatic carbocycles. The minimum Gasteiger partial charge on any atom is -0.481 e. The SMILES string of the molecule is C/C(=C/C(C(=O)O)C(C)C)c1ccccc1. The zero-order valence-electron chi connectivity index (χ0n) is 9.97. The van der Waals surface area contributed by atoms with Gasteiger partial charge in [0.15, 0.2) is 0 Å². The summed E-state index contributed by atoms with van der Waals surface area (Å²) in [5.41, 5.74) is 2.09. The van der Waals surface area contributed by atoms with Gasteiger partial charge in [-0.15, -0.1) is 0 Å². The van der Waals surface area contributed by atoms with Gasteiger partial charge in [0.05, 0.1) is 5.92 Å². The van der Waals surface area contributed by atoms with Crippen molar-refractivity contribution in [3.63, 3.8) is 0 Å². The lowest BCUT2D eigenvalue weighted by molar-refractivity contribution is -0.141. The summed E-state index contributed by atoms with van der Waals surface area (Å²) < 4.78 is 0. The van der Waals surface area contributed by atoms with Crippen LogP contribution in [0.3, 0.4) is 0 Å². The lowest BCUT2D eigenvalue weighted by Gasteiger charge is -2.13. The molecule has 0 radical (unpaired) electrons. The molecular weight excluding hydrogens is 200 g/mol. The van der Waals surface area contributed by atoms with Crippen LogP contribution in [0, 0.1) is 11.8 Å². The van der Waals surface area contributed by atoms with E-state index < -0.39 is 11.9 Å². The van der Waals surface area contributed by atoms with Crippen molar-refractivity contribution in [3.8, 4) is 0 Å². The number of hydrogen-bond acceptors (Lipinski definition) is 1. The van der Waals surface area contributed by atoms with E-state index in [1.165, 1.54) is 0 Å². The molecule has 2 nitrogen and oxygen atoms in total. The fourth-order valence-electron chi connectivity index (χ4n) is 1.62. The monoisotopic (exact) mass is 218 g/mol. The second-order valence-corrected chi connectivity index (χ2v) is 4.32. The van der Waals surface area contributed by atoms with E-state index in [1.54, 1.807) is 0 Å². The van der Waals surface area contributed by atoms with E-state index in [-0.39, 0.29) is 5.92 Å². The summed E-state index contributed by atoms with van der Waals surface area (Å²) in [4.78, 5) is 11.1. The van der Waals surface area contributed by atoms with Gasteiger partial charge in [-0.05, 0) is 24.0 Å². The van der Waals surface area contributed by atoms with Crippen molar-refractivity contribution in [1.29, 1.82) is 0 Å². The first-order valence-corrected chi connectivity index (χ1v) is 5.49. The first-order chi connectivity index (χ1) is 7.52. The lowest BCUT2D eigenvalue weighted by atomic mass is 9.92. The summed E-state index contributed by atoms with van der Waals surface area (Å²) in [5.74, 6) is -1.07. The number of carboxylic acids is 1. The van der Waals surface area contributed by atoms with Gasteiger partial charge in [0.1, 0.15) is 0 Å². The number of hydrogen-bond donors (Lipinski definition) is 1. The average molecular weight is 218 g/mol. The van der Waals surface area contributed by atoms with Crippen LogP contribution in [-0.4, -0.2) is 11.1 Å². The summed E-state index contributed by atoms with van der Waals surface area (Å²) in [6.45, 7) is 5.80. The zero-order valence-corrected chi connectivity index (χ0v) is 9.97. The third-order valence-corrected chi connectivity index (χ3v) is 2.66. The van der Waals surface area contributed by atoms with Crippen LogP contribution >= 0.6 is 0 Å². The maximum absolute atomic E-state index is 11.1. The minimum absolute atomic E-state index is 0.108. The molecule has 0 aromatic heterocycles. The normalized spacial score (nSPS) is 13.9. The Morgan fingerprint density at radius 2 is 1.81 bits per heavy atom. The number of allylic oxidation sites excluding steroid dienone is 1. The van der Waals surface area contributed by atoms with Crippen molar-refractivity contribution < 1.29 is 9.90 Å². The van der Waals surface area contributed by atoms with Gasteiger partial charge in [-0.3, -0.25) is 4.79 Å². The average Bonchev–Trinajstić information content (AvgIpc) is 2.25. The molecule has 0 saturated heterocycles. The van der Waals surface area contributed by atoms with Crippen molar-refractivity contribution in [2.75, 3.05) is 0 Å². The Morgan fingerprint density at radius 1 is 1.25 bits per heavy atom. The topological polar surface area (TPSA) is 37.3 Å². The molecule has 16 heavy (non-hydrogen) atoms. The summed E-state index contributed by atoms with van der Waals surface area (Å²) in [5, 5.41) is 9.09. The Labute approximate surface area is 96.6 Å². The van der Waals surface area contributed by atoms with Crippen molar-refractivity contribution in [2.45, 2.75) is 20.8 Å². The Bertz CT molecular complexity index is 377. The third kappa shape index (κ3) is 3.23. The van der Waals surface area contributed by atoms with E-state index in [0.29, 0.717) is 0 Å². The van der Waals surface area contributed by atoms with Gasteiger partial charge in [-0.1, -0.05) is 50.3 Å².